The number of nitro benzene ring substituents is 1. The topological polar surface area (TPSA) is 99.6 Å². The van der Waals surface area contributed by atoms with E-state index in [-0.39, 0.29) is 21.9 Å². The van der Waals surface area contributed by atoms with Gasteiger partial charge in [-0.25, -0.2) is 9.67 Å². The first-order valence-corrected chi connectivity index (χ1v) is 7.02. The van der Waals surface area contributed by atoms with Crippen LogP contribution >= 0.6 is 11.6 Å². The SMILES string of the molecule is O=[N+]([O-])c1cccc2c1CC[C@@H]2n1nnc2cnc(Cl)nc21. The van der Waals surface area contributed by atoms with Crippen LogP contribution in [0, 0.1) is 10.1 Å². The number of benzene rings is 1. The lowest BCUT2D eigenvalue weighted by molar-refractivity contribution is -0.385. The Morgan fingerprint density at radius 2 is 2.27 bits per heavy atom. The molecule has 1 atom stereocenters. The highest BCUT2D eigenvalue weighted by molar-refractivity contribution is 6.28. The third-order valence-electron chi connectivity index (χ3n) is 3.89. The van der Waals surface area contributed by atoms with Crippen LogP contribution in [0.25, 0.3) is 11.2 Å². The van der Waals surface area contributed by atoms with Gasteiger partial charge in [-0.05, 0) is 30.0 Å². The highest BCUT2D eigenvalue weighted by atomic mass is 35.5. The molecule has 8 nitrogen and oxygen atoms in total. The van der Waals surface area contributed by atoms with Crippen molar-refractivity contribution in [3.63, 3.8) is 0 Å². The Morgan fingerprint density at radius 3 is 3.09 bits per heavy atom. The van der Waals surface area contributed by atoms with Crippen molar-refractivity contribution in [3.05, 3.63) is 50.9 Å². The summed E-state index contributed by atoms with van der Waals surface area (Å²) in [7, 11) is 0. The Hall–Kier alpha value is -2.61. The third kappa shape index (κ3) is 1.84. The van der Waals surface area contributed by atoms with Crippen LogP contribution < -0.4 is 0 Å². The zero-order chi connectivity index (χ0) is 15.3. The second-order valence-electron chi connectivity index (χ2n) is 5.04. The molecule has 0 N–H and O–H groups in total. The zero-order valence-corrected chi connectivity index (χ0v) is 11.9. The van der Waals surface area contributed by atoms with E-state index in [0.29, 0.717) is 24.0 Å². The number of nitro groups is 1. The van der Waals surface area contributed by atoms with Gasteiger partial charge in [0, 0.05) is 11.6 Å². The van der Waals surface area contributed by atoms with Crippen LogP contribution in [0.2, 0.25) is 5.28 Å². The van der Waals surface area contributed by atoms with E-state index in [0.717, 1.165) is 11.1 Å². The van der Waals surface area contributed by atoms with Crippen LogP contribution in [-0.4, -0.2) is 29.9 Å². The first-order chi connectivity index (χ1) is 10.6. The molecule has 1 aromatic carbocycles. The van der Waals surface area contributed by atoms with Gasteiger partial charge < -0.3 is 0 Å². The summed E-state index contributed by atoms with van der Waals surface area (Å²) in [6.07, 6.45) is 2.84. The van der Waals surface area contributed by atoms with Gasteiger partial charge in [-0.2, -0.15) is 4.98 Å². The standard InChI is InChI=1S/C13H9ClN6O2/c14-13-15-6-9-12(16-13)19(18-17-9)10-5-4-8-7(10)2-1-3-11(8)20(21)22/h1-3,6,10H,4-5H2/t10-/m0/s1. The highest BCUT2D eigenvalue weighted by Gasteiger charge is 2.31. The molecule has 1 aliphatic carbocycles. The fourth-order valence-electron chi connectivity index (χ4n) is 2.97. The molecule has 1 aliphatic rings. The van der Waals surface area contributed by atoms with Crippen molar-refractivity contribution in [2.45, 2.75) is 18.9 Å². The van der Waals surface area contributed by atoms with Gasteiger partial charge in [-0.1, -0.05) is 17.3 Å². The maximum atomic E-state index is 11.1. The Labute approximate surface area is 128 Å². The van der Waals surface area contributed by atoms with E-state index < -0.39 is 0 Å². The maximum absolute atomic E-state index is 11.1. The predicted octanol–water partition coefficient (Wildman–Crippen LogP) is 2.32. The number of fused-ring (bicyclic) bond motifs is 2. The lowest BCUT2D eigenvalue weighted by Gasteiger charge is -2.11. The molecule has 110 valence electrons. The van der Waals surface area contributed by atoms with Crippen LogP contribution in [0.15, 0.2) is 24.4 Å². The van der Waals surface area contributed by atoms with Crippen LogP contribution in [0.4, 0.5) is 5.69 Å². The molecule has 0 fully saturated rings. The van der Waals surface area contributed by atoms with Crippen molar-refractivity contribution in [2.75, 3.05) is 0 Å². The first-order valence-electron chi connectivity index (χ1n) is 6.65. The van der Waals surface area contributed by atoms with Crippen LogP contribution in [-0.2, 0) is 6.42 Å². The lowest BCUT2D eigenvalue weighted by Crippen LogP contribution is -2.10. The number of nitrogens with zero attached hydrogens (tertiary/aromatic N) is 6. The molecule has 0 saturated carbocycles. The van der Waals surface area contributed by atoms with E-state index in [1.165, 1.54) is 12.3 Å². The fourth-order valence-corrected chi connectivity index (χ4v) is 3.10. The number of hydrogen-bond donors (Lipinski definition) is 0. The number of aromatic nitrogens is 5. The summed E-state index contributed by atoms with van der Waals surface area (Å²) < 4.78 is 1.67. The summed E-state index contributed by atoms with van der Waals surface area (Å²) in [5.41, 5.74) is 2.86. The van der Waals surface area contributed by atoms with E-state index in [9.17, 15) is 10.1 Å². The first kappa shape index (κ1) is 13.1. The van der Waals surface area contributed by atoms with Gasteiger partial charge in [0.05, 0.1) is 17.2 Å². The molecule has 0 unspecified atom stereocenters. The minimum absolute atomic E-state index is 0.119. The molecule has 0 spiro atoms. The van der Waals surface area contributed by atoms with Crippen LogP contribution in [0.1, 0.15) is 23.6 Å². The molecule has 0 bridgehead atoms. The monoisotopic (exact) mass is 316 g/mol. The van der Waals surface area contributed by atoms with Crippen molar-refractivity contribution in [2.24, 2.45) is 0 Å². The van der Waals surface area contributed by atoms with E-state index in [4.69, 9.17) is 11.6 Å². The average molecular weight is 317 g/mol. The molecular formula is C13H9ClN6O2. The molecule has 22 heavy (non-hydrogen) atoms. The van der Waals surface area contributed by atoms with Gasteiger partial charge in [0.2, 0.25) is 5.28 Å². The average Bonchev–Trinajstić information content (AvgIpc) is 3.09. The Kier molecular flexibility index (Phi) is 2.80. The Bertz CT molecular complexity index is 909. The van der Waals surface area contributed by atoms with Gasteiger partial charge >= 0.3 is 0 Å². The molecule has 3 aromatic rings. The van der Waals surface area contributed by atoms with E-state index in [1.54, 1.807) is 10.7 Å². The number of halogens is 1. The number of hydrogen-bond acceptors (Lipinski definition) is 6. The summed E-state index contributed by atoms with van der Waals surface area (Å²) in [5.74, 6) is 0. The van der Waals surface area contributed by atoms with Crippen molar-refractivity contribution in [1.82, 2.24) is 25.0 Å². The second kappa shape index (κ2) is 4.70. The quantitative estimate of drug-likeness (QED) is 0.408. The minimum atomic E-state index is -0.348. The van der Waals surface area contributed by atoms with Crippen molar-refractivity contribution in [3.8, 4) is 0 Å². The lowest BCUT2D eigenvalue weighted by atomic mass is 10.1. The summed E-state index contributed by atoms with van der Waals surface area (Å²) in [5, 5.41) is 19.4. The van der Waals surface area contributed by atoms with E-state index >= 15 is 0 Å². The molecule has 9 heteroatoms. The minimum Gasteiger partial charge on any atom is -0.258 e. The molecule has 0 saturated heterocycles. The highest BCUT2D eigenvalue weighted by Crippen LogP contribution is 2.39. The fraction of sp³-hybridized carbons (Fsp3) is 0.231. The molecule has 0 aliphatic heterocycles. The molecule has 0 amide bonds. The van der Waals surface area contributed by atoms with Crippen molar-refractivity contribution < 1.29 is 4.92 Å². The Balaban J connectivity index is 1.88. The molecule has 4 rings (SSSR count). The zero-order valence-electron chi connectivity index (χ0n) is 11.2. The molecular weight excluding hydrogens is 308 g/mol. The maximum Gasteiger partial charge on any atom is 0.272 e. The van der Waals surface area contributed by atoms with Gasteiger partial charge in [-0.15, -0.1) is 5.10 Å². The molecule has 0 radical (unpaired) electrons. The van der Waals surface area contributed by atoms with Crippen LogP contribution in [0.3, 0.4) is 0 Å². The van der Waals surface area contributed by atoms with Gasteiger partial charge in [0.25, 0.3) is 5.69 Å². The van der Waals surface area contributed by atoms with Gasteiger partial charge in [0.15, 0.2) is 11.2 Å². The smallest absolute Gasteiger partial charge is 0.258 e. The van der Waals surface area contributed by atoms with Crippen molar-refractivity contribution in [1.29, 1.82) is 0 Å². The van der Waals surface area contributed by atoms with E-state index in [1.807, 2.05) is 6.07 Å². The summed E-state index contributed by atoms with van der Waals surface area (Å²) in [4.78, 5) is 18.8. The molecule has 2 aromatic heterocycles. The normalized spacial score (nSPS) is 16.9. The summed E-state index contributed by atoms with van der Waals surface area (Å²) in [6, 6.07) is 4.97. The Morgan fingerprint density at radius 1 is 1.41 bits per heavy atom. The van der Waals surface area contributed by atoms with Crippen molar-refractivity contribution >= 4 is 28.5 Å². The summed E-state index contributed by atoms with van der Waals surface area (Å²) >= 11 is 5.84. The third-order valence-corrected chi connectivity index (χ3v) is 4.07. The van der Waals surface area contributed by atoms with E-state index in [2.05, 4.69) is 20.3 Å². The van der Waals surface area contributed by atoms with Crippen LogP contribution in [0.5, 0.6) is 0 Å². The van der Waals surface area contributed by atoms with Gasteiger partial charge in [0.1, 0.15) is 0 Å². The largest absolute Gasteiger partial charge is 0.272 e. The van der Waals surface area contributed by atoms with Gasteiger partial charge in [-0.3, -0.25) is 10.1 Å². The second-order valence-corrected chi connectivity index (χ2v) is 5.38. The molecule has 2 heterocycles. The number of rotatable bonds is 2. The predicted molar refractivity (Wildman–Crippen MR) is 77.7 cm³/mol. The summed E-state index contributed by atoms with van der Waals surface area (Å²) in [6.45, 7) is 0.